The van der Waals surface area contributed by atoms with Crippen molar-refractivity contribution < 1.29 is 5.11 Å². The van der Waals surface area contributed by atoms with Gasteiger partial charge in [0.25, 0.3) is 0 Å². The molecule has 1 aromatic rings. The lowest BCUT2D eigenvalue weighted by molar-refractivity contribution is 0.175. The summed E-state index contributed by atoms with van der Waals surface area (Å²) in [6.07, 6.45) is 4.78. The molecule has 0 fully saturated rings. The fraction of sp³-hybridized carbons (Fsp3) is 0.778. The van der Waals surface area contributed by atoms with Gasteiger partial charge in [0.1, 0.15) is 0 Å². The fourth-order valence-electron chi connectivity index (χ4n) is 2.67. The summed E-state index contributed by atoms with van der Waals surface area (Å²) in [6, 6.07) is 0. The third kappa shape index (κ3) is 6.77. The van der Waals surface area contributed by atoms with Crippen molar-refractivity contribution in [2.24, 2.45) is 10.4 Å². The SMILES string of the molecule is CCNC(=NCC(CC)(CC)CCO)NCCc1csc(CC)n1. The van der Waals surface area contributed by atoms with E-state index in [0.717, 1.165) is 63.4 Å². The van der Waals surface area contributed by atoms with E-state index >= 15 is 0 Å². The summed E-state index contributed by atoms with van der Waals surface area (Å²) in [5.74, 6) is 0.854. The molecular formula is C18H34N4OS. The number of rotatable bonds is 11. The highest BCUT2D eigenvalue weighted by Gasteiger charge is 2.25. The van der Waals surface area contributed by atoms with E-state index in [9.17, 15) is 5.11 Å². The van der Waals surface area contributed by atoms with Crippen LogP contribution in [0.3, 0.4) is 0 Å². The molecule has 0 saturated carbocycles. The van der Waals surface area contributed by atoms with Crippen LogP contribution in [-0.4, -0.2) is 42.3 Å². The van der Waals surface area contributed by atoms with Crippen LogP contribution in [-0.2, 0) is 12.8 Å². The van der Waals surface area contributed by atoms with Crippen LogP contribution in [0.15, 0.2) is 10.4 Å². The molecule has 6 heteroatoms. The van der Waals surface area contributed by atoms with Crippen molar-refractivity contribution in [3.8, 4) is 0 Å². The van der Waals surface area contributed by atoms with E-state index in [-0.39, 0.29) is 12.0 Å². The maximum atomic E-state index is 9.34. The summed E-state index contributed by atoms with van der Waals surface area (Å²) in [5, 5.41) is 19.4. The molecule has 0 aliphatic heterocycles. The highest BCUT2D eigenvalue weighted by Crippen LogP contribution is 2.30. The summed E-state index contributed by atoms with van der Waals surface area (Å²) < 4.78 is 0. The van der Waals surface area contributed by atoms with Gasteiger partial charge in [-0.15, -0.1) is 11.3 Å². The number of aryl methyl sites for hydroxylation is 1. The Morgan fingerprint density at radius 2 is 2.00 bits per heavy atom. The summed E-state index contributed by atoms with van der Waals surface area (Å²) in [7, 11) is 0. The molecule has 0 atom stereocenters. The van der Waals surface area contributed by atoms with E-state index < -0.39 is 0 Å². The smallest absolute Gasteiger partial charge is 0.191 e. The van der Waals surface area contributed by atoms with Crippen molar-refractivity contribution in [2.75, 3.05) is 26.2 Å². The minimum atomic E-state index is 0.0992. The quantitative estimate of drug-likeness (QED) is 0.422. The average molecular weight is 355 g/mol. The van der Waals surface area contributed by atoms with Gasteiger partial charge in [-0.1, -0.05) is 20.8 Å². The van der Waals surface area contributed by atoms with Gasteiger partial charge in [0.05, 0.1) is 10.7 Å². The maximum absolute atomic E-state index is 9.34. The third-order valence-electron chi connectivity index (χ3n) is 4.63. The molecule has 0 unspecified atom stereocenters. The molecule has 0 aromatic carbocycles. The number of nitrogens with one attached hydrogen (secondary N) is 2. The first kappa shape index (κ1) is 20.9. The molecule has 24 heavy (non-hydrogen) atoms. The molecule has 0 spiro atoms. The van der Waals surface area contributed by atoms with Gasteiger partial charge in [0, 0.05) is 38.0 Å². The summed E-state index contributed by atoms with van der Waals surface area (Å²) in [5.41, 5.74) is 1.25. The van der Waals surface area contributed by atoms with Crippen molar-refractivity contribution in [1.29, 1.82) is 0 Å². The topological polar surface area (TPSA) is 69.5 Å². The Kier molecular flexibility index (Phi) is 9.95. The Labute approximate surface area is 151 Å². The zero-order valence-electron chi connectivity index (χ0n) is 15.7. The van der Waals surface area contributed by atoms with Crippen LogP contribution < -0.4 is 10.6 Å². The van der Waals surface area contributed by atoms with Gasteiger partial charge in [0.15, 0.2) is 5.96 Å². The van der Waals surface area contributed by atoms with Crippen LogP contribution in [0.5, 0.6) is 0 Å². The second kappa shape index (κ2) is 11.4. The van der Waals surface area contributed by atoms with Crippen molar-refractivity contribution in [3.05, 3.63) is 16.1 Å². The van der Waals surface area contributed by atoms with Crippen molar-refractivity contribution >= 4 is 17.3 Å². The molecule has 0 bridgehead atoms. The number of hydrogen-bond acceptors (Lipinski definition) is 4. The highest BCUT2D eigenvalue weighted by molar-refractivity contribution is 7.09. The molecule has 138 valence electrons. The fourth-order valence-corrected chi connectivity index (χ4v) is 3.45. The molecule has 0 amide bonds. The van der Waals surface area contributed by atoms with Gasteiger partial charge in [-0.05, 0) is 38.0 Å². The monoisotopic (exact) mass is 354 g/mol. The first-order valence-electron chi connectivity index (χ1n) is 9.19. The zero-order chi connectivity index (χ0) is 17.8. The Morgan fingerprint density at radius 3 is 2.54 bits per heavy atom. The Balaban J connectivity index is 2.57. The van der Waals surface area contributed by atoms with Crippen LogP contribution in [0, 0.1) is 5.41 Å². The maximum Gasteiger partial charge on any atom is 0.191 e. The standard InChI is InChI=1S/C18H34N4OS/c1-5-16-22-15(13-24-16)9-11-20-17(19-8-4)21-14-18(6-2,7-3)10-12-23/h13,23H,5-12,14H2,1-4H3,(H2,19,20,21). The first-order valence-corrected chi connectivity index (χ1v) is 10.1. The largest absolute Gasteiger partial charge is 0.396 e. The van der Waals surface area contributed by atoms with Gasteiger partial charge >= 0.3 is 0 Å². The van der Waals surface area contributed by atoms with Gasteiger partial charge in [-0.25, -0.2) is 4.98 Å². The van der Waals surface area contributed by atoms with Gasteiger partial charge in [-0.3, -0.25) is 4.99 Å². The molecule has 5 nitrogen and oxygen atoms in total. The van der Waals surface area contributed by atoms with E-state index in [1.165, 1.54) is 5.01 Å². The summed E-state index contributed by atoms with van der Waals surface area (Å²) >= 11 is 1.74. The predicted molar refractivity (Wildman–Crippen MR) is 104 cm³/mol. The number of aliphatic hydroxyl groups is 1. The molecule has 0 aliphatic rings. The Hall–Kier alpha value is -1.14. The molecule has 0 saturated heterocycles. The van der Waals surface area contributed by atoms with Gasteiger partial charge in [-0.2, -0.15) is 0 Å². The highest BCUT2D eigenvalue weighted by atomic mass is 32.1. The summed E-state index contributed by atoms with van der Waals surface area (Å²) in [4.78, 5) is 9.36. The van der Waals surface area contributed by atoms with Crippen LogP contribution in [0.4, 0.5) is 0 Å². The third-order valence-corrected chi connectivity index (χ3v) is 5.68. The lowest BCUT2D eigenvalue weighted by atomic mass is 9.79. The van der Waals surface area contributed by atoms with Crippen molar-refractivity contribution in [2.45, 2.75) is 59.8 Å². The number of aliphatic hydroxyl groups excluding tert-OH is 1. The number of hydrogen-bond donors (Lipinski definition) is 3. The molecule has 3 N–H and O–H groups in total. The lowest BCUT2D eigenvalue weighted by Crippen LogP contribution is -2.39. The molecule has 0 radical (unpaired) electrons. The number of thiazole rings is 1. The minimum Gasteiger partial charge on any atom is -0.396 e. The van der Waals surface area contributed by atoms with Gasteiger partial charge in [0.2, 0.25) is 0 Å². The number of nitrogens with zero attached hydrogens (tertiary/aromatic N) is 2. The van der Waals surface area contributed by atoms with Crippen LogP contribution >= 0.6 is 11.3 Å². The van der Waals surface area contributed by atoms with Crippen LogP contribution in [0.1, 0.15) is 57.7 Å². The van der Waals surface area contributed by atoms with E-state index in [4.69, 9.17) is 4.99 Å². The van der Waals surface area contributed by atoms with Gasteiger partial charge < -0.3 is 15.7 Å². The first-order chi connectivity index (χ1) is 11.6. The Morgan fingerprint density at radius 1 is 1.25 bits per heavy atom. The Bertz CT molecular complexity index is 483. The van der Waals surface area contributed by atoms with Crippen LogP contribution in [0.2, 0.25) is 0 Å². The van der Waals surface area contributed by atoms with E-state index in [1.54, 1.807) is 11.3 Å². The van der Waals surface area contributed by atoms with E-state index in [1.807, 2.05) is 0 Å². The van der Waals surface area contributed by atoms with Crippen molar-refractivity contribution in [3.63, 3.8) is 0 Å². The summed E-state index contributed by atoms with van der Waals surface area (Å²) in [6.45, 7) is 11.2. The predicted octanol–water partition coefficient (Wildman–Crippen LogP) is 2.99. The number of guanidine groups is 1. The van der Waals surface area contributed by atoms with E-state index in [2.05, 4.69) is 48.7 Å². The zero-order valence-corrected chi connectivity index (χ0v) is 16.5. The van der Waals surface area contributed by atoms with Crippen LogP contribution in [0.25, 0.3) is 0 Å². The molecule has 1 aromatic heterocycles. The number of aliphatic imine (C=N–C) groups is 1. The molecular weight excluding hydrogens is 320 g/mol. The average Bonchev–Trinajstić information content (AvgIpc) is 3.06. The molecule has 1 rings (SSSR count). The van der Waals surface area contributed by atoms with E-state index in [0.29, 0.717) is 0 Å². The lowest BCUT2D eigenvalue weighted by Gasteiger charge is -2.29. The normalized spacial score (nSPS) is 12.5. The van der Waals surface area contributed by atoms with Crippen molar-refractivity contribution in [1.82, 2.24) is 15.6 Å². The number of aromatic nitrogens is 1. The minimum absolute atomic E-state index is 0.0992. The molecule has 0 aliphatic carbocycles. The molecule has 1 heterocycles. The second-order valence-electron chi connectivity index (χ2n) is 6.14. The second-order valence-corrected chi connectivity index (χ2v) is 7.08.